The van der Waals surface area contributed by atoms with Crippen molar-refractivity contribution in [2.45, 2.75) is 64.5 Å². The molecule has 2 aliphatic heterocycles. The Kier molecular flexibility index (Phi) is 7.73. The highest BCUT2D eigenvalue weighted by molar-refractivity contribution is 6.31. The van der Waals surface area contributed by atoms with Crippen molar-refractivity contribution in [1.82, 2.24) is 24.8 Å². The first-order chi connectivity index (χ1) is 19.0. The van der Waals surface area contributed by atoms with Crippen molar-refractivity contribution in [3.63, 3.8) is 0 Å². The molecule has 0 radical (unpaired) electrons. The number of carbonyl (C=O) groups is 3. The third kappa shape index (κ3) is 4.90. The van der Waals surface area contributed by atoms with Crippen molar-refractivity contribution in [2.75, 3.05) is 19.6 Å². The highest BCUT2D eigenvalue weighted by Crippen LogP contribution is 2.47. The van der Waals surface area contributed by atoms with Crippen LogP contribution in [-0.2, 0) is 34.5 Å². The summed E-state index contributed by atoms with van der Waals surface area (Å²) in [6.45, 7) is 2.36. The second-order valence-corrected chi connectivity index (χ2v) is 11.4. The number of hydrogen-bond donors (Lipinski definition) is 1. The van der Waals surface area contributed by atoms with E-state index in [1.807, 2.05) is 0 Å². The van der Waals surface area contributed by atoms with Gasteiger partial charge in [-0.3, -0.25) is 14.4 Å². The van der Waals surface area contributed by atoms with E-state index in [2.05, 4.69) is 10.3 Å². The molecule has 5 rings (SSSR count). The Balaban J connectivity index is 1.53. The molecule has 2 amide bonds. The molecule has 13 heteroatoms. The van der Waals surface area contributed by atoms with E-state index in [0.29, 0.717) is 68.0 Å². The van der Waals surface area contributed by atoms with E-state index in [1.54, 1.807) is 28.9 Å². The number of aromatic nitrogens is 3. The number of rotatable bonds is 8. The molecule has 0 bridgehead atoms. The normalized spacial score (nSPS) is 24.6. The number of ether oxygens (including phenoxy) is 1. The second-order valence-electron chi connectivity index (χ2n) is 11.0. The maximum atomic E-state index is 14.1. The lowest BCUT2D eigenvalue weighted by Crippen LogP contribution is -2.50. The van der Waals surface area contributed by atoms with Crippen LogP contribution >= 0.6 is 11.6 Å². The van der Waals surface area contributed by atoms with Crippen LogP contribution in [0.2, 0.25) is 5.02 Å². The SMILES string of the molecule is Cn1nnc(COc2ccc(Cl)c3c2[C@@H](CN2CCCC2=O)N(C(=O)C2CCC[C@@]2(C)C(=O)O)CC3)c1C(F)F. The average molecular weight is 580 g/mol. The molecule has 1 aliphatic carbocycles. The number of likely N-dealkylation sites (tertiary alicyclic amines) is 1. The van der Waals surface area contributed by atoms with Crippen molar-refractivity contribution in [3.8, 4) is 5.75 Å². The highest BCUT2D eigenvalue weighted by Gasteiger charge is 2.51. The molecule has 1 aromatic carbocycles. The first kappa shape index (κ1) is 28.3. The smallest absolute Gasteiger partial charge is 0.310 e. The minimum Gasteiger partial charge on any atom is -0.487 e. The zero-order valence-corrected chi connectivity index (χ0v) is 23.2. The summed E-state index contributed by atoms with van der Waals surface area (Å²) in [7, 11) is 1.38. The third-order valence-electron chi connectivity index (χ3n) is 8.68. The van der Waals surface area contributed by atoms with E-state index >= 15 is 0 Å². The van der Waals surface area contributed by atoms with Crippen LogP contribution in [0, 0.1) is 11.3 Å². The molecular weight excluding hydrogens is 548 g/mol. The van der Waals surface area contributed by atoms with Crippen LogP contribution in [0.25, 0.3) is 0 Å². The second kappa shape index (κ2) is 10.9. The number of aliphatic carboxylic acids is 1. The number of amides is 2. The monoisotopic (exact) mass is 579 g/mol. The van der Waals surface area contributed by atoms with Gasteiger partial charge in [0.2, 0.25) is 11.8 Å². The Morgan fingerprint density at radius 1 is 1.25 bits per heavy atom. The van der Waals surface area contributed by atoms with E-state index in [0.717, 1.165) is 10.2 Å². The summed E-state index contributed by atoms with van der Waals surface area (Å²) in [6.07, 6.45) is 0.207. The van der Waals surface area contributed by atoms with E-state index in [-0.39, 0.29) is 36.4 Å². The van der Waals surface area contributed by atoms with Gasteiger partial charge in [-0.2, -0.15) is 0 Å². The number of aryl methyl sites for hydroxylation is 1. The Hall–Kier alpha value is -3.28. The van der Waals surface area contributed by atoms with E-state index in [9.17, 15) is 28.3 Å². The summed E-state index contributed by atoms with van der Waals surface area (Å²) in [4.78, 5) is 42.3. The van der Waals surface area contributed by atoms with Crippen molar-refractivity contribution >= 4 is 29.4 Å². The first-order valence-electron chi connectivity index (χ1n) is 13.4. The number of carbonyl (C=O) groups excluding carboxylic acids is 2. The average Bonchev–Trinajstić information content (AvgIpc) is 3.62. The van der Waals surface area contributed by atoms with Gasteiger partial charge in [-0.05, 0) is 50.3 Å². The minimum absolute atomic E-state index is 0.0145. The Morgan fingerprint density at radius 2 is 2.02 bits per heavy atom. The molecule has 1 unspecified atom stereocenters. The molecule has 1 saturated carbocycles. The fourth-order valence-corrected chi connectivity index (χ4v) is 6.67. The summed E-state index contributed by atoms with van der Waals surface area (Å²) in [5, 5.41) is 18.0. The standard InChI is InChI=1S/C27H32ClF2N5O5/c1-27(26(38)39)10-3-5-16(27)25(37)35-12-9-15-17(28)7-8-20(22(15)19(35)13-34-11-4-6-21(34)36)40-14-18-23(24(29)30)33(2)32-31-18/h7-8,16,19,24H,3-6,9-14H2,1-2H3,(H,38,39)/t16?,19-,27-/m1/s1. The maximum Gasteiger partial charge on any atom is 0.310 e. The lowest BCUT2D eigenvalue weighted by molar-refractivity contribution is -0.157. The van der Waals surface area contributed by atoms with Crippen molar-refractivity contribution < 1.29 is 33.0 Å². The summed E-state index contributed by atoms with van der Waals surface area (Å²) in [5.41, 5.74) is -0.200. The number of benzene rings is 1. The predicted octanol–water partition coefficient (Wildman–Crippen LogP) is 3.92. The van der Waals surface area contributed by atoms with Gasteiger partial charge in [0, 0.05) is 43.7 Å². The van der Waals surface area contributed by atoms with Gasteiger partial charge in [-0.1, -0.05) is 23.2 Å². The molecular formula is C27H32ClF2N5O5. The van der Waals surface area contributed by atoms with Crippen LogP contribution in [0.5, 0.6) is 5.75 Å². The molecule has 40 heavy (non-hydrogen) atoms. The van der Waals surface area contributed by atoms with Gasteiger partial charge in [0.25, 0.3) is 6.43 Å². The molecule has 3 aliphatic rings. The molecule has 2 aromatic rings. The number of carboxylic acids is 1. The molecule has 216 valence electrons. The number of fused-ring (bicyclic) bond motifs is 1. The van der Waals surface area contributed by atoms with Crippen LogP contribution in [0.3, 0.4) is 0 Å². The number of hydrogen-bond acceptors (Lipinski definition) is 6. The predicted molar refractivity (Wildman–Crippen MR) is 139 cm³/mol. The number of carboxylic acid groups (broad SMARTS) is 1. The number of halogens is 3. The van der Waals surface area contributed by atoms with E-state index in [4.69, 9.17) is 16.3 Å². The number of alkyl halides is 2. The zero-order chi connectivity index (χ0) is 28.8. The topological polar surface area (TPSA) is 118 Å². The maximum absolute atomic E-state index is 14.1. The van der Waals surface area contributed by atoms with Crippen LogP contribution in [0.15, 0.2) is 12.1 Å². The lowest BCUT2D eigenvalue weighted by atomic mass is 9.78. The van der Waals surface area contributed by atoms with Gasteiger partial charge < -0.3 is 19.6 Å². The Bertz CT molecular complexity index is 1340. The van der Waals surface area contributed by atoms with Crippen LogP contribution in [0.1, 0.15) is 74.0 Å². The van der Waals surface area contributed by atoms with Gasteiger partial charge in [0.15, 0.2) is 0 Å². The van der Waals surface area contributed by atoms with Crippen LogP contribution in [-0.4, -0.2) is 67.3 Å². The molecule has 3 heterocycles. The quantitative estimate of drug-likeness (QED) is 0.503. The van der Waals surface area contributed by atoms with Gasteiger partial charge in [-0.15, -0.1) is 5.10 Å². The van der Waals surface area contributed by atoms with Crippen LogP contribution < -0.4 is 4.74 Å². The molecule has 1 N–H and O–H groups in total. The zero-order valence-electron chi connectivity index (χ0n) is 22.4. The summed E-state index contributed by atoms with van der Waals surface area (Å²) in [6, 6.07) is 2.64. The fourth-order valence-electron chi connectivity index (χ4n) is 6.41. The number of nitrogens with zero attached hydrogens (tertiary/aromatic N) is 5. The largest absolute Gasteiger partial charge is 0.487 e. The summed E-state index contributed by atoms with van der Waals surface area (Å²) < 4.78 is 34.3. The molecule has 0 spiro atoms. The molecule has 10 nitrogen and oxygen atoms in total. The fraction of sp³-hybridized carbons (Fsp3) is 0.593. The van der Waals surface area contributed by atoms with Gasteiger partial charge in [0.05, 0.1) is 17.4 Å². The minimum atomic E-state index is -2.80. The summed E-state index contributed by atoms with van der Waals surface area (Å²) >= 11 is 6.61. The van der Waals surface area contributed by atoms with Crippen molar-refractivity contribution in [2.24, 2.45) is 18.4 Å². The van der Waals surface area contributed by atoms with Crippen LogP contribution in [0.4, 0.5) is 8.78 Å². The molecule has 1 aromatic heterocycles. The molecule has 2 fully saturated rings. The van der Waals surface area contributed by atoms with E-state index < -0.39 is 29.8 Å². The Morgan fingerprint density at radius 3 is 2.70 bits per heavy atom. The van der Waals surface area contributed by atoms with Gasteiger partial charge in [-0.25, -0.2) is 13.5 Å². The molecule has 1 saturated heterocycles. The Labute approximate surface area is 235 Å². The molecule has 3 atom stereocenters. The third-order valence-corrected chi connectivity index (χ3v) is 9.03. The van der Waals surface area contributed by atoms with E-state index in [1.165, 1.54) is 7.05 Å². The highest BCUT2D eigenvalue weighted by atomic mass is 35.5. The first-order valence-corrected chi connectivity index (χ1v) is 13.8. The van der Waals surface area contributed by atoms with Gasteiger partial charge in [0.1, 0.15) is 23.7 Å². The lowest BCUT2D eigenvalue weighted by Gasteiger charge is -2.42. The van der Waals surface area contributed by atoms with Gasteiger partial charge >= 0.3 is 5.97 Å². The summed E-state index contributed by atoms with van der Waals surface area (Å²) in [5.74, 6) is -1.67. The van der Waals surface area contributed by atoms with Crippen molar-refractivity contribution in [1.29, 1.82) is 0 Å². The van der Waals surface area contributed by atoms with Crippen molar-refractivity contribution in [3.05, 3.63) is 39.7 Å².